The number of benzene rings is 1. The lowest BCUT2D eigenvalue weighted by Crippen LogP contribution is -2.32. The Morgan fingerprint density at radius 3 is 2.77 bits per heavy atom. The van der Waals surface area contributed by atoms with Gasteiger partial charge in [0.15, 0.2) is 0 Å². The van der Waals surface area contributed by atoms with Crippen LogP contribution in [0, 0.1) is 0 Å². The van der Waals surface area contributed by atoms with Crippen molar-refractivity contribution in [2.75, 3.05) is 12.9 Å². The molecule has 1 aromatic rings. The number of amides is 1. The van der Waals surface area contributed by atoms with Crippen LogP contribution in [-0.4, -0.2) is 28.2 Å². The van der Waals surface area contributed by atoms with E-state index in [2.05, 4.69) is 5.32 Å². The van der Waals surface area contributed by atoms with E-state index in [1.807, 2.05) is 0 Å². The molecular weight excluding hydrogens is 322 g/mol. The molecule has 1 aromatic carbocycles. The number of nitrogens with one attached hydrogen (secondary N) is 1. The smallest absolute Gasteiger partial charge is 0.232 e. The van der Waals surface area contributed by atoms with Gasteiger partial charge in [0, 0.05) is 33.2 Å². The summed E-state index contributed by atoms with van der Waals surface area (Å²) < 4.78 is 17.4. The fourth-order valence-electron chi connectivity index (χ4n) is 2.71. The molecule has 2 rings (SSSR count). The molecule has 6 heteroatoms. The van der Waals surface area contributed by atoms with Gasteiger partial charge in [-0.2, -0.15) is 0 Å². The molecule has 22 heavy (non-hydrogen) atoms. The third-order valence-corrected chi connectivity index (χ3v) is 5.91. The van der Waals surface area contributed by atoms with Crippen molar-refractivity contribution in [1.82, 2.24) is 5.32 Å². The van der Waals surface area contributed by atoms with Gasteiger partial charge >= 0.3 is 0 Å². The summed E-state index contributed by atoms with van der Waals surface area (Å²) in [6.07, 6.45) is 5.41. The molecule has 0 saturated heterocycles. The zero-order chi connectivity index (χ0) is 15.9. The lowest BCUT2D eigenvalue weighted by molar-refractivity contribution is -0.118. The number of ether oxygens (including phenoxy) is 1. The minimum absolute atomic E-state index is 0.0769. The van der Waals surface area contributed by atoms with Crippen molar-refractivity contribution in [3.8, 4) is 5.75 Å². The second-order valence-electron chi connectivity index (χ2n) is 5.52. The van der Waals surface area contributed by atoms with Gasteiger partial charge in [0.2, 0.25) is 5.91 Å². The van der Waals surface area contributed by atoms with Gasteiger partial charge in [-0.1, -0.05) is 30.9 Å². The first kappa shape index (κ1) is 17.3. The lowest BCUT2D eigenvalue weighted by atomic mass is 10.0. The number of hydrogen-bond donors (Lipinski definition) is 1. The summed E-state index contributed by atoms with van der Waals surface area (Å²) in [6, 6.07) is 5.27. The van der Waals surface area contributed by atoms with Crippen molar-refractivity contribution in [3.05, 3.63) is 28.8 Å². The van der Waals surface area contributed by atoms with E-state index in [1.54, 1.807) is 25.3 Å². The second kappa shape index (κ2) is 8.53. The number of rotatable bonds is 6. The number of hydrogen-bond acceptors (Lipinski definition) is 3. The van der Waals surface area contributed by atoms with Gasteiger partial charge in [-0.15, -0.1) is 0 Å². The van der Waals surface area contributed by atoms with E-state index in [-0.39, 0.29) is 16.9 Å². The van der Waals surface area contributed by atoms with E-state index < -0.39 is 10.8 Å². The summed E-state index contributed by atoms with van der Waals surface area (Å²) in [7, 11) is 0.501. The summed E-state index contributed by atoms with van der Waals surface area (Å²) in [4.78, 5) is 12.0. The van der Waals surface area contributed by atoms with Crippen LogP contribution in [0.2, 0.25) is 5.02 Å². The largest absolute Gasteiger partial charge is 0.496 e. The highest BCUT2D eigenvalue weighted by molar-refractivity contribution is 7.86. The number of methoxy groups -OCH3 is 1. The van der Waals surface area contributed by atoms with Gasteiger partial charge in [0.25, 0.3) is 0 Å². The predicted octanol–water partition coefficient (Wildman–Crippen LogP) is 3.05. The van der Waals surface area contributed by atoms with E-state index in [1.165, 1.54) is 6.42 Å². The average Bonchev–Trinajstić information content (AvgIpc) is 2.54. The molecule has 4 nitrogen and oxygen atoms in total. The van der Waals surface area contributed by atoms with E-state index in [9.17, 15) is 9.00 Å². The molecule has 0 heterocycles. The molecule has 0 unspecified atom stereocenters. The molecule has 0 radical (unpaired) electrons. The first-order valence-electron chi connectivity index (χ1n) is 7.56. The van der Waals surface area contributed by atoms with Gasteiger partial charge in [0.05, 0.1) is 7.11 Å². The van der Waals surface area contributed by atoms with Crippen molar-refractivity contribution in [3.63, 3.8) is 0 Å². The Labute approximate surface area is 139 Å². The van der Waals surface area contributed by atoms with Crippen molar-refractivity contribution in [1.29, 1.82) is 0 Å². The van der Waals surface area contributed by atoms with Gasteiger partial charge in [0.1, 0.15) is 11.5 Å². The number of carbonyl (C=O) groups excluding carboxylic acids is 1. The van der Waals surface area contributed by atoms with Crippen molar-refractivity contribution in [2.24, 2.45) is 0 Å². The molecule has 1 amide bonds. The van der Waals surface area contributed by atoms with Gasteiger partial charge in [-0.25, -0.2) is 0 Å². The minimum atomic E-state index is -1.08. The zero-order valence-electron chi connectivity index (χ0n) is 12.8. The van der Waals surface area contributed by atoms with Crippen LogP contribution in [0.4, 0.5) is 0 Å². The normalized spacial score (nSPS) is 17.0. The molecule has 0 spiro atoms. The highest BCUT2D eigenvalue weighted by atomic mass is 35.5. The molecule has 1 atom stereocenters. The van der Waals surface area contributed by atoms with Crippen LogP contribution in [0.3, 0.4) is 0 Å². The zero-order valence-corrected chi connectivity index (χ0v) is 14.3. The van der Waals surface area contributed by atoms with E-state index in [4.69, 9.17) is 16.3 Å². The Morgan fingerprint density at radius 2 is 2.09 bits per heavy atom. The Bertz CT molecular complexity index is 544. The van der Waals surface area contributed by atoms with Gasteiger partial charge in [-0.05, 0) is 31.0 Å². The Kier molecular flexibility index (Phi) is 6.70. The predicted molar refractivity (Wildman–Crippen MR) is 89.7 cm³/mol. The summed E-state index contributed by atoms with van der Waals surface area (Å²) >= 11 is 5.96. The molecule has 0 bridgehead atoms. The van der Waals surface area contributed by atoms with Crippen LogP contribution in [0.5, 0.6) is 5.75 Å². The van der Waals surface area contributed by atoms with Crippen LogP contribution in [-0.2, 0) is 22.1 Å². The van der Waals surface area contributed by atoms with Crippen molar-refractivity contribution in [2.45, 2.75) is 43.9 Å². The highest BCUT2D eigenvalue weighted by Gasteiger charge is 2.21. The quantitative estimate of drug-likeness (QED) is 0.863. The van der Waals surface area contributed by atoms with E-state index >= 15 is 0 Å². The molecule has 1 aliphatic rings. The maximum Gasteiger partial charge on any atom is 0.232 e. The summed E-state index contributed by atoms with van der Waals surface area (Å²) in [6.45, 7) is 0.324. The molecule has 0 aliphatic heterocycles. The maximum absolute atomic E-state index is 12.2. The van der Waals surface area contributed by atoms with Crippen molar-refractivity contribution >= 4 is 28.3 Å². The molecule has 1 aliphatic carbocycles. The van der Waals surface area contributed by atoms with Crippen LogP contribution < -0.4 is 10.1 Å². The monoisotopic (exact) mass is 343 g/mol. The van der Waals surface area contributed by atoms with Crippen LogP contribution in [0.25, 0.3) is 0 Å². The summed E-state index contributed by atoms with van der Waals surface area (Å²) in [5.74, 6) is 0.567. The fourth-order valence-corrected chi connectivity index (χ4v) is 4.36. The van der Waals surface area contributed by atoms with Crippen LogP contribution >= 0.6 is 11.6 Å². The number of halogens is 1. The molecule has 0 aromatic heterocycles. The summed E-state index contributed by atoms with van der Waals surface area (Å²) in [5.41, 5.74) is 0.812. The minimum Gasteiger partial charge on any atom is -0.496 e. The molecule has 1 saturated carbocycles. The number of carbonyl (C=O) groups is 1. The topological polar surface area (TPSA) is 55.4 Å². The van der Waals surface area contributed by atoms with Crippen LogP contribution in [0.15, 0.2) is 18.2 Å². The third kappa shape index (κ3) is 4.99. The molecule has 122 valence electrons. The first-order valence-corrected chi connectivity index (χ1v) is 9.32. The Balaban J connectivity index is 1.84. The van der Waals surface area contributed by atoms with E-state index in [0.29, 0.717) is 17.3 Å². The lowest BCUT2D eigenvalue weighted by Gasteiger charge is -2.20. The van der Waals surface area contributed by atoms with Gasteiger partial charge < -0.3 is 10.1 Å². The summed E-state index contributed by atoms with van der Waals surface area (Å²) in [5, 5.41) is 3.57. The first-order chi connectivity index (χ1) is 10.6. The molecular formula is C16H22ClNO3S. The third-order valence-electron chi connectivity index (χ3n) is 3.92. The molecule has 1 N–H and O–H groups in total. The molecule has 1 fully saturated rings. The van der Waals surface area contributed by atoms with Gasteiger partial charge in [-0.3, -0.25) is 9.00 Å². The standard InChI is InChI=1S/C16H22ClNO3S/c1-21-15-8-7-13(17)9-12(15)10-18-16(19)11-22(20)14-5-3-2-4-6-14/h7-9,14H,2-6,10-11H2,1H3,(H,18,19)/t22-/m0/s1. The van der Waals surface area contributed by atoms with E-state index in [0.717, 1.165) is 31.2 Å². The average molecular weight is 344 g/mol. The highest BCUT2D eigenvalue weighted by Crippen LogP contribution is 2.23. The van der Waals surface area contributed by atoms with Crippen LogP contribution in [0.1, 0.15) is 37.7 Å². The SMILES string of the molecule is COc1ccc(Cl)cc1CNC(=O)C[S@](=O)C1CCCCC1. The Morgan fingerprint density at radius 1 is 1.36 bits per heavy atom. The maximum atomic E-state index is 12.2. The Hall–Kier alpha value is -1.07. The van der Waals surface area contributed by atoms with Crippen molar-refractivity contribution < 1.29 is 13.7 Å². The fraction of sp³-hybridized carbons (Fsp3) is 0.562. The second-order valence-corrected chi connectivity index (χ2v) is 7.67.